The lowest BCUT2D eigenvalue weighted by atomic mass is 10.1. The highest BCUT2D eigenvalue weighted by atomic mass is 14.5. The molecule has 0 aromatic heterocycles. The molecule has 0 bridgehead atoms. The largest absolute Gasteiger partial charge is 0.0880 e. The number of hydrogen-bond acceptors (Lipinski definition) is 0. The highest BCUT2D eigenvalue weighted by Crippen LogP contribution is 2.52. The van der Waals surface area contributed by atoms with Crippen molar-refractivity contribution in [2.24, 2.45) is 11.3 Å². The van der Waals surface area contributed by atoms with Gasteiger partial charge in [-0.25, -0.2) is 0 Å². The molecule has 1 rings (SSSR count). The van der Waals surface area contributed by atoms with E-state index in [1.807, 2.05) is 0 Å². The molecule has 0 saturated heterocycles. The zero-order valence-corrected chi connectivity index (χ0v) is 8.77. The van der Waals surface area contributed by atoms with Crippen molar-refractivity contribution < 1.29 is 0 Å². The van der Waals surface area contributed by atoms with Crippen LogP contribution in [0.25, 0.3) is 0 Å². The quantitative estimate of drug-likeness (QED) is 0.425. The third-order valence-corrected chi connectivity index (χ3v) is 3.18. The molecular weight excluding hydrogens is 144 g/mol. The third-order valence-electron chi connectivity index (χ3n) is 3.18. The lowest BCUT2D eigenvalue weighted by Gasteiger charge is -2.00. The Morgan fingerprint density at radius 2 is 2.08 bits per heavy atom. The van der Waals surface area contributed by atoms with E-state index in [9.17, 15) is 0 Å². The topological polar surface area (TPSA) is 0 Å². The molecule has 0 heteroatoms. The van der Waals surface area contributed by atoms with Crippen molar-refractivity contribution >= 4 is 0 Å². The van der Waals surface area contributed by atoms with Crippen molar-refractivity contribution in [3.05, 3.63) is 12.2 Å². The number of rotatable bonds is 5. The maximum atomic E-state index is 2.44. The summed E-state index contributed by atoms with van der Waals surface area (Å²) in [6.45, 7) is 6.97. The molecule has 12 heavy (non-hydrogen) atoms. The maximum Gasteiger partial charge on any atom is -0.0118 e. The Hall–Kier alpha value is -0.260. The minimum atomic E-state index is 0.576. The molecule has 1 aliphatic rings. The van der Waals surface area contributed by atoms with Gasteiger partial charge in [0.15, 0.2) is 0 Å². The van der Waals surface area contributed by atoms with Gasteiger partial charge in [0.2, 0.25) is 0 Å². The molecule has 0 aromatic rings. The van der Waals surface area contributed by atoms with Gasteiger partial charge in [0.05, 0.1) is 0 Å². The average molecular weight is 166 g/mol. The van der Waals surface area contributed by atoms with Crippen LogP contribution < -0.4 is 0 Å². The highest BCUT2D eigenvalue weighted by molar-refractivity contribution is 5.10. The first-order valence-electron chi connectivity index (χ1n) is 5.37. The fourth-order valence-corrected chi connectivity index (χ4v) is 1.70. The summed E-state index contributed by atoms with van der Waals surface area (Å²) in [4.78, 5) is 0. The zero-order chi connectivity index (χ0) is 9.03. The van der Waals surface area contributed by atoms with Crippen LogP contribution in [0.15, 0.2) is 12.2 Å². The first-order valence-corrected chi connectivity index (χ1v) is 5.37. The van der Waals surface area contributed by atoms with Gasteiger partial charge in [0.25, 0.3) is 0 Å². The normalized spacial score (nSPS) is 34.4. The first-order chi connectivity index (χ1) is 5.69. The van der Waals surface area contributed by atoms with E-state index in [4.69, 9.17) is 0 Å². The summed E-state index contributed by atoms with van der Waals surface area (Å²) < 4.78 is 0. The van der Waals surface area contributed by atoms with Crippen molar-refractivity contribution in [1.82, 2.24) is 0 Å². The monoisotopic (exact) mass is 166 g/mol. The Labute approximate surface area is 77.1 Å². The van der Waals surface area contributed by atoms with E-state index in [1.165, 1.54) is 32.1 Å². The van der Waals surface area contributed by atoms with Crippen LogP contribution in [0.1, 0.15) is 52.9 Å². The highest BCUT2D eigenvalue weighted by Gasteiger charge is 2.43. The molecule has 0 nitrogen and oxygen atoms in total. The van der Waals surface area contributed by atoms with Gasteiger partial charge in [0.1, 0.15) is 0 Å². The van der Waals surface area contributed by atoms with E-state index in [0.29, 0.717) is 5.41 Å². The molecule has 2 unspecified atom stereocenters. The number of hydrogen-bond donors (Lipinski definition) is 0. The van der Waals surface area contributed by atoms with Gasteiger partial charge in [-0.2, -0.15) is 0 Å². The van der Waals surface area contributed by atoms with Crippen LogP contribution in [-0.4, -0.2) is 0 Å². The Kier molecular flexibility index (Phi) is 3.37. The van der Waals surface area contributed by atoms with Crippen LogP contribution >= 0.6 is 0 Å². The summed E-state index contributed by atoms with van der Waals surface area (Å²) in [5, 5.41) is 0. The standard InChI is InChI=1S/C12H22/c1-4-5-6-7-8-9-12(3)10-11(12)2/h8-9,11H,4-7,10H2,1-3H3. The Bertz CT molecular complexity index is 157. The average Bonchev–Trinajstić information content (AvgIpc) is 2.60. The molecule has 0 heterocycles. The molecule has 0 N–H and O–H groups in total. The molecule has 0 aliphatic heterocycles. The van der Waals surface area contributed by atoms with Crippen LogP contribution in [0.4, 0.5) is 0 Å². The molecule has 2 atom stereocenters. The van der Waals surface area contributed by atoms with Gasteiger partial charge in [-0.05, 0) is 30.6 Å². The molecule has 0 radical (unpaired) electrons. The maximum absolute atomic E-state index is 2.44. The van der Waals surface area contributed by atoms with Gasteiger partial charge >= 0.3 is 0 Å². The second kappa shape index (κ2) is 4.11. The molecule has 1 saturated carbocycles. The van der Waals surface area contributed by atoms with Crippen molar-refractivity contribution in [2.45, 2.75) is 52.9 Å². The van der Waals surface area contributed by atoms with E-state index < -0.39 is 0 Å². The summed E-state index contributed by atoms with van der Waals surface area (Å²) in [5.41, 5.74) is 0.576. The van der Waals surface area contributed by atoms with Gasteiger partial charge in [-0.1, -0.05) is 45.8 Å². The summed E-state index contributed by atoms with van der Waals surface area (Å²) in [6.07, 6.45) is 11.6. The summed E-state index contributed by atoms with van der Waals surface area (Å²) in [5.74, 6) is 0.930. The van der Waals surface area contributed by atoms with Crippen molar-refractivity contribution in [2.75, 3.05) is 0 Å². The van der Waals surface area contributed by atoms with Crippen molar-refractivity contribution in [3.8, 4) is 0 Å². The number of unbranched alkanes of at least 4 members (excludes halogenated alkanes) is 3. The molecular formula is C12H22. The molecule has 70 valence electrons. The van der Waals surface area contributed by atoms with Crippen molar-refractivity contribution in [3.63, 3.8) is 0 Å². The summed E-state index contributed by atoms with van der Waals surface area (Å²) in [6, 6.07) is 0. The van der Waals surface area contributed by atoms with Crippen LogP contribution in [0.5, 0.6) is 0 Å². The molecule has 1 aliphatic carbocycles. The van der Waals surface area contributed by atoms with E-state index in [2.05, 4.69) is 32.9 Å². The fraction of sp³-hybridized carbons (Fsp3) is 0.833. The Balaban J connectivity index is 2.06. The van der Waals surface area contributed by atoms with Gasteiger partial charge in [-0.3, -0.25) is 0 Å². The third kappa shape index (κ3) is 2.66. The second-order valence-electron chi connectivity index (χ2n) is 4.51. The molecule has 0 aromatic carbocycles. The Morgan fingerprint density at radius 3 is 2.58 bits per heavy atom. The predicted octanol–water partition coefficient (Wildman–Crippen LogP) is 4.17. The number of allylic oxidation sites excluding steroid dienone is 2. The SMILES string of the molecule is CCCCCC=CC1(C)CC1C. The molecule has 0 spiro atoms. The second-order valence-corrected chi connectivity index (χ2v) is 4.51. The summed E-state index contributed by atoms with van der Waals surface area (Å²) >= 11 is 0. The minimum absolute atomic E-state index is 0.576. The fourth-order valence-electron chi connectivity index (χ4n) is 1.70. The van der Waals surface area contributed by atoms with Gasteiger partial charge in [-0.15, -0.1) is 0 Å². The van der Waals surface area contributed by atoms with Crippen LogP contribution in [0.2, 0.25) is 0 Å². The lowest BCUT2D eigenvalue weighted by Crippen LogP contribution is -1.88. The van der Waals surface area contributed by atoms with E-state index >= 15 is 0 Å². The van der Waals surface area contributed by atoms with Crippen LogP contribution in [-0.2, 0) is 0 Å². The lowest BCUT2D eigenvalue weighted by molar-refractivity contribution is 0.655. The Morgan fingerprint density at radius 1 is 1.42 bits per heavy atom. The van der Waals surface area contributed by atoms with Gasteiger partial charge < -0.3 is 0 Å². The zero-order valence-electron chi connectivity index (χ0n) is 8.77. The smallest absolute Gasteiger partial charge is 0.0118 e. The van der Waals surface area contributed by atoms with Crippen molar-refractivity contribution in [1.29, 1.82) is 0 Å². The first kappa shape index (κ1) is 9.83. The predicted molar refractivity (Wildman–Crippen MR) is 55.2 cm³/mol. The van der Waals surface area contributed by atoms with Gasteiger partial charge in [0, 0.05) is 0 Å². The van der Waals surface area contributed by atoms with Crippen LogP contribution in [0.3, 0.4) is 0 Å². The minimum Gasteiger partial charge on any atom is -0.0880 e. The van der Waals surface area contributed by atoms with Crippen LogP contribution in [0, 0.1) is 11.3 Å². The van der Waals surface area contributed by atoms with E-state index in [0.717, 1.165) is 5.92 Å². The van der Waals surface area contributed by atoms with E-state index in [1.54, 1.807) is 0 Å². The van der Waals surface area contributed by atoms with E-state index in [-0.39, 0.29) is 0 Å². The molecule has 0 amide bonds. The molecule has 1 fully saturated rings. The summed E-state index contributed by atoms with van der Waals surface area (Å²) in [7, 11) is 0.